The summed E-state index contributed by atoms with van der Waals surface area (Å²) in [5.41, 5.74) is 9.49. The number of amides is 1. The van der Waals surface area contributed by atoms with Gasteiger partial charge >= 0.3 is 0 Å². The fourth-order valence-corrected chi connectivity index (χ4v) is 3.98. The molecule has 5 heteroatoms. The van der Waals surface area contributed by atoms with Crippen molar-refractivity contribution in [1.82, 2.24) is 10.2 Å². The molecule has 0 spiro atoms. The Balaban J connectivity index is 1.41. The van der Waals surface area contributed by atoms with Crippen LogP contribution in [0.15, 0.2) is 48.5 Å². The number of fused-ring (bicyclic) bond motifs is 1. The summed E-state index contributed by atoms with van der Waals surface area (Å²) in [6.07, 6.45) is 4.14. The molecule has 0 aromatic heterocycles. The molecule has 1 aliphatic heterocycles. The van der Waals surface area contributed by atoms with Gasteiger partial charge in [0.25, 0.3) is 0 Å². The van der Waals surface area contributed by atoms with E-state index in [2.05, 4.69) is 22.3 Å². The number of benzene rings is 2. The van der Waals surface area contributed by atoms with Crippen LogP contribution in [-0.2, 0) is 24.2 Å². The van der Waals surface area contributed by atoms with E-state index in [4.69, 9.17) is 5.73 Å². The molecule has 148 valence electrons. The van der Waals surface area contributed by atoms with Gasteiger partial charge in [-0.3, -0.25) is 9.69 Å². The van der Waals surface area contributed by atoms with Crippen molar-refractivity contribution in [1.29, 1.82) is 0 Å². The van der Waals surface area contributed by atoms with Gasteiger partial charge in [-0.05, 0) is 54.9 Å². The van der Waals surface area contributed by atoms with E-state index in [-0.39, 0.29) is 23.8 Å². The Morgan fingerprint density at radius 2 is 1.86 bits per heavy atom. The van der Waals surface area contributed by atoms with Crippen LogP contribution in [0.1, 0.15) is 36.0 Å². The van der Waals surface area contributed by atoms with Crippen molar-refractivity contribution in [2.24, 2.45) is 5.73 Å². The van der Waals surface area contributed by atoms with Crippen molar-refractivity contribution in [2.45, 2.75) is 56.8 Å². The van der Waals surface area contributed by atoms with Crippen molar-refractivity contribution in [3.8, 4) is 0 Å². The summed E-state index contributed by atoms with van der Waals surface area (Å²) in [5.74, 6) is -0.0776. The number of carbonyl (C=O) groups is 1. The van der Waals surface area contributed by atoms with Crippen LogP contribution in [0.2, 0.25) is 0 Å². The van der Waals surface area contributed by atoms with E-state index in [1.54, 1.807) is 12.1 Å². The minimum absolute atomic E-state index is 0.125. The van der Waals surface area contributed by atoms with E-state index in [0.29, 0.717) is 18.0 Å². The Morgan fingerprint density at radius 3 is 2.61 bits per heavy atom. The summed E-state index contributed by atoms with van der Waals surface area (Å²) in [6, 6.07) is 15.2. The Morgan fingerprint density at radius 1 is 1.14 bits per heavy atom. The second-order valence-corrected chi connectivity index (χ2v) is 8.09. The zero-order valence-corrected chi connectivity index (χ0v) is 16.1. The van der Waals surface area contributed by atoms with Crippen molar-refractivity contribution in [2.75, 3.05) is 6.54 Å². The summed E-state index contributed by atoms with van der Waals surface area (Å²) in [6.45, 7) is 1.48. The lowest BCUT2D eigenvalue weighted by Crippen LogP contribution is -2.51. The lowest BCUT2D eigenvalue weighted by atomic mass is 9.92. The van der Waals surface area contributed by atoms with E-state index in [0.717, 1.165) is 38.8 Å². The molecule has 0 bridgehead atoms. The average molecular weight is 381 g/mol. The third-order valence-electron chi connectivity index (χ3n) is 5.80. The van der Waals surface area contributed by atoms with Gasteiger partial charge in [0.05, 0.1) is 6.04 Å². The maximum atomic E-state index is 13.9. The molecule has 2 atom stereocenters. The fourth-order valence-electron chi connectivity index (χ4n) is 3.98. The monoisotopic (exact) mass is 381 g/mol. The highest BCUT2D eigenvalue weighted by Gasteiger charge is 2.34. The number of nitrogens with zero attached hydrogens (tertiary/aromatic N) is 1. The molecule has 1 saturated carbocycles. The van der Waals surface area contributed by atoms with E-state index in [1.807, 2.05) is 18.2 Å². The molecule has 1 unspecified atom stereocenters. The zero-order valence-electron chi connectivity index (χ0n) is 16.1. The van der Waals surface area contributed by atoms with Gasteiger partial charge in [0.15, 0.2) is 0 Å². The summed E-state index contributed by atoms with van der Waals surface area (Å²) >= 11 is 0. The Labute approximate surface area is 165 Å². The van der Waals surface area contributed by atoms with Crippen molar-refractivity contribution >= 4 is 5.91 Å². The first kappa shape index (κ1) is 19.1. The van der Waals surface area contributed by atoms with Gasteiger partial charge in [0.1, 0.15) is 5.82 Å². The van der Waals surface area contributed by atoms with Gasteiger partial charge in [0, 0.05) is 25.2 Å². The highest BCUT2D eigenvalue weighted by Crippen LogP contribution is 2.26. The van der Waals surface area contributed by atoms with E-state index < -0.39 is 0 Å². The van der Waals surface area contributed by atoms with Gasteiger partial charge in [-0.2, -0.15) is 0 Å². The highest BCUT2D eigenvalue weighted by molar-refractivity contribution is 5.83. The van der Waals surface area contributed by atoms with Crippen LogP contribution in [0.25, 0.3) is 0 Å². The second kappa shape index (κ2) is 8.41. The predicted octanol–water partition coefficient (Wildman–Crippen LogP) is 2.79. The molecule has 3 N–H and O–H groups in total. The first-order chi connectivity index (χ1) is 13.6. The summed E-state index contributed by atoms with van der Waals surface area (Å²) in [7, 11) is 0. The molecule has 4 nitrogen and oxygen atoms in total. The molecular formula is C23H28FN3O. The maximum absolute atomic E-state index is 13.9. The van der Waals surface area contributed by atoms with Gasteiger partial charge in [-0.1, -0.05) is 42.5 Å². The molecule has 2 aromatic carbocycles. The van der Waals surface area contributed by atoms with E-state index >= 15 is 0 Å². The number of halogens is 1. The summed E-state index contributed by atoms with van der Waals surface area (Å²) in [5, 5.41) is 3.16. The molecule has 28 heavy (non-hydrogen) atoms. The van der Waals surface area contributed by atoms with Crippen molar-refractivity contribution < 1.29 is 9.18 Å². The Kier molecular flexibility index (Phi) is 5.74. The number of nitrogens with one attached hydrogen (secondary N) is 1. The van der Waals surface area contributed by atoms with Crippen LogP contribution in [0.3, 0.4) is 0 Å². The average Bonchev–Trinajstić information content (AvgIpc) is 3.51. The first-order valence-electron chi connectivity index (χ1n) is 10.2. The minimum Gasteiger partial charge on any atom is -0.352 e. The van der Waals surface area contributed by atoms with Crippen LogP contribution in [-0.4, -0.2) is 35.5 Å². The molecule has 1 heterocycles. The van der Waals surface area contributed by atoms with Gasteiger partial charge in [-0.25, -0.2) is 4.39 Å². The molecule has 0 radical (unpaired) electrons. The zero-order chi connectivity index (χ0) is 19.5. The lowest BCUT2D eigenvalue weighted by Gasteiger charge is -2.36. The normalized spacial score (nSPS) is 20.4. The molecule has 2 aliphatic rings. The third-order valence-corrected chi connectivity index (χ3v) is 5.80. The minimum atomic E-state index is -0.202. The van der Waals surface area contributed by atoms with Crippen LogP contribution in [0, 0.1) is 5.82 Å². The Bertz CT molecular complexity index is 836. The summed E-state index contributed by atoms with van der Waals surface area (Å²) < 4.78 is 13.9. The molecule has 1 fully saturated rings. The largest absolute Gasteiger partial charge is 0.352 e. The van der Waals surface area contributed by atoms with Crippen LogP contribution < -0.4 is 11.1 Å². The molecule has 0 saturated heterocycles. The smallest absolute Gasteiger partial charge is 0.237 e. The maximum Gasteiger partial charge on any atom is 0.237 e. The van der Waals surface area contributed by atoms with E-state index in [1.165, 1.54) is 17.2 Å². The molecule has 2 aromatic rings. The quantitative estimate of drug-likeness (QED) is 0.775. The first-order valence-corrected chi connectivity index (χ1v) is 10.2. The standard InChI is InChI=1S/C23H28FN3O/c24-21-8-4-3-6-17(21)13-19(25)11-12-27-15-18-7-2-1-5-16(18)14-22(27)23(28)26-20-9-10-20/h1-8,19-20,22H,9-15,25H2,(H,26,28)/t19?,22-/m0/s1. The predicted molar refractivity (Wildman–Crippen MR) is 108 cm³/mol. The summed E-state index contributed by atoms with van der Waals surface area (Å²) in [4.78, 5) is 15.1. The second-order valence-electron chi connectivity index (χ2n) is 8.09. The number of hydrogen-bond donors (Lipinski definition) is 2. The van der Waals surface area contributed by atoms with Crippen molar-refractivity contribution in [3.05, 3.63) is 71.0 Å². The van der Waals surface area contributed by atoms with Gasteiger partial charge in [0.2, 0.25) is 5.91 Å². The van der Waals surface area contributed by atoms with Crippen LogP contribution >= 0.6 is 0 Å². The number of rotatable bonds is 7. The third kappa shape index (κ3) is 4.59. The fraction of sp³-hybridized carbons (Fsp3) is 0.435. The topological polar surface area (TPSA) is 58.4 Å². The van der Waals surface area contributed by atoms with Crippen molar-refractivity contribution in [3.63, 3.8) is 0 Å². The number of carbonyl (C=O) groups excluding carboxylic acids is 1. The molecule has 1 amide bonds. The van der Waals surface area contributed by atoms with Crippen LogP contribution in [0.5, 0.6) is 0 Å². The molecular weight excluding hydrogens is 353 g/mol. The lowest BCUT2D eigenvalue weighted by molar-refractivity contribution is -0.127. The number of nitrogens with two attached hydrogens (primary N) is 1. The SMILES string of the molecule is NC(CCN1Cc2ccccc2C[C@H]1C(=O)NC1CC1)Cc1ccccc1F. The van der Waals surface area contributed by atoms with Gasteiger partial charge in [-0.15, -0.1) is 0 Å². The van der Waals surface area contributed by atoms with Gasteiger partial charge < -0.3 is 11.1 Å². The Hall–Kier alpha value is -2.24. The molecule has 1 aliphatic carbocycles. The van der Waals surface area contributed by atoms with E-state index in [9.17, 15) is 9.18 Å². The highest BCUT2D eigenvalue weighted by atomic mass is 19.1. The van der Waals surface area contributed by atoms with Crippen LogP contribution in [0.4, 0.5) is 4.39 Å². The molecule has 4 rings (SSSR count). The number of hydrogen-bond acceptors (Lipinski definition) is 3.